The van der Waals surface area contributed by atoms with Gasteiger partial charge in [0.05, 0.1) is 5.69 Å². The second-order valence-corrected chi connectivity index (χ2v) is 3.20. The van der Waals surface area contributed by atoms with Gasteiger partial charge in [-0.05, 0) is 12.1 Å². The van der Waals surface area contributed by atoms with Gasteiger partial charge in [0, 0.05) is 4.90 Å². The van der Waals surface area contributed by atoms with E-state index in [-0.39, 0.29) is 0 Å². The van der Waals surface area contributed by atoms with Crippen LogP contribution in [0.2, 0.25) is 0 Å². The molecule has 1 aromatic rings. The number of thiol groups is 1. The summed E-state index contributed by atoms with van der Waals surface area (Å²) >= 11 is 4.12. The van der Waals surface area contributed by atoms with Gasteiger partial charge in [-0.15, -0.1) is 12.6 Å². The van der Waals surface area contributed by atoms with Crippen molar-refractivity contribution in [3.8, 4) is 0 Å². The molecule has 1 rings (SSSR count). The Bertz CT molecular complexity index is 381. The van der Waals surface area contributed by atoms with Gasteiger partial charge in [0.15, 0.2) is 0 Å². The summed E-state index contributed by atoms with van der Waals surface area (Å²) < 4.78 is 0. The number of anilines is 1. The van der Waals surface area contributed by atoms with E-state index >= 15 is 0 Å². The molecule has 15 heavy (non-hydrogen) atoms. The van der Waals surface area contributed by atoms with Crippen LogP contribution >= 0.6 is 12.6 Å². The SMILES string of the molecule is O=C(O)CNC(=O)Nc1ccccc1S. The van der Waals surface area contributed by atoms with Crippen molar-refractivity contribution in [3.63, 3.8) is 0 Å². The molecule has 0 saturated heterocycles. The summed E-state index contributed by atoms with van der Waals surface area (Å²) in [6.07, 6.45) is 0. The number of carbonyl (C=O) groups excluding carboxylic acids is 1. The number of amides is 2. The predicted molar refractivity (Wildman–Crippen MR) is 58.4 cm³/mol. The first kappa shape index (κ1) is 11.4. The smallest absolute Gasteiger partial charge is 0.323 e. The third-order valence-corrected chi connectivity index (χ3v) is 1.94. The van der Waals surface area contributed by atoms with Crippen LogP contribution in [0.5, 0.6) is 0 Å². The summed E-state index contributed by atoms with van der Waals surface area (Å²) in [5, 5.41) is 13.0. The van der Waals surface area contributed by atoms with Crippen LogP contribution < -0.4 is 10.6 Å². The summed E-state index contributed by atoms with van der Waals surface area (Å²) in [6.45, 7) is -0.416. The Hall–Kier alpha value is -1.69. The molecule has 2 amide bonds. The highest BCUT2D eigenvalue weighted by Crippen LogP contribution is 2.17. The summed E-state index contributed by atoms with van der Waals surface area (Å²) in [5.74, 6) is -1.09. The summed E-state index contributed by atoms with van der Waals surface area (Å²) in [6, 6.07) is 6.34. The number of hydrogen-bond donors (Lipinski definition) is 4. The molecule has 0 aliphatic rings. The van der Waals surface area contributed by atoms with E-state index in [2.05, 4.69) is 23.3 Å². The highest BCUT2D eigenvalue weighted by molar-refractivity contribution is 7.80. The topological polar surface area (TPSA) is 78.4 Å². The van der Waals surface area contributed by atoms with Crippen molar-refractivity contribution in [2.24, 2.45) is 0 Å². The zero-order valence-corrected chi connectivity index (χ0v) is 8.62. The molecule has 0 heterocycles. The molecule has 0 radical (unpaired) electrons. The second-order valence-electron chi connectivity index (χ2n) is 2.72. The van der Waals surface area contributed by atoms with E-state index in [0.29, 0.717) is 10.6 Å². The Morgan fingerprint density at radius 3 is 2.60 bits per heavy atom. The third-order valence-electron chi connectivity index (χ3n) is 1.55. The van der Waals surface area contributed by atoms with Gasteiger partial charge < -0.3 is 15.7 Å². The van der Waals surface area contributed by atoms with Crippen LogP contribution in [0.3, 0.4) is 0 Å². The minimum Gasteiger partial charge on any atom is -0.480 e. The van der Waals surface area contributed by atoms with Crippen molar-refractivity contribution in [1.29, 1.82) is 0 Å². The van der Waals surface area contributed by atoms with E-state index in [1.165, 1.54) is 0 Å². The highest BCUT2D eigenvalue weighted by Gasteiger charge is 2.04. The van der Waals surface area contributed by atoms with E-state index in [4.69, 9.17) is 5.11 Å². The highest BCUT2D eigenvalue weighted by atomic mass is 32.1. The molecule has 1 aromatic carbocycles. The van der Waals surface area contributed by atoms with E-state index < -0.39 is 18.5 Å². The van der Waals surface area contributed by atoms with Crippen molar-refractivity contribution in [1.82, 2.24) is 5.32 Å². The standard InChI is InChI=1S/C9H10N2O3S/c12-8(13)5-10-9(14)11-6-3-1-2-4-7(6)15/h1-4,15H,5H2,(H,12,13)(H2,10,11,14). The number of para-hydroxylation sites is 1. The largest absolute Gasteiger partial charge is 0.480 e. The van der Waals surface area contributed by atoms with Gasteiger partial charge in [0.25, 0.3) is 0 Å². The van der Waals surface area contributed by atoms with Crippen LogP contribution in [-0.4, -0.2) is 23.7 Å². The molecule has 80 valence electrons. The number of carbonyl (C=O) groups is 2. The molecule has 3 N–H and O–H groups in total. The number of urea groups is 1. The molecule has 5 nitrogen and oxygen atoms in total. The van der Waals surface area contributed by atoms with Crippen LogP contribution in [0.25, 0.3) is 0 Å². The van der Waals surface area contributed by atoms with Crippen LogP contribution in [0.4, 0.5) is 10.5 Å². The average Bonchev–Trinajstić information content (AvgIpc) is 2.18. The lowest BCUT2D eigenvalue weighted by molar-refractivity contribution is -0.135. The zero-order valence-electron chi connectivity index (χ0n) is 7.73. The minimum absolute atomic E-state index is 0.416. The summed E-state index contributed by atoms with van der Waals surface area (Å²) in [4.78, 5) is 21.9. The van der Waals surface area contributed by atoms with Gasteiger partial charge in [0.2, 0.25) is 0 Å². The number of nitrogens with one attached hydrogen (secondary N) is 2. The van der Waals surface area contributed by atoms with Gasteiger partial charge in [0.1, 0.15) is 6.54 Å². The lowest BCUT2D eigenvalue weighted by atomic mass is 10.3. The Labute approximate surface area is 91.9 Å². The first-order valence-corrected chi connectivity index (χ1v) is 4.59. The number of benzene rings is 1. The number of hydrogen-bond acceptors (Lipinski definition) is 3. The van der Waals surface area contributed by atoms with Crippen molar-refractivity contribution in [2.45, 2.75) is 4.90 Å². The number of carboxylic acid groups (broad SMARTS) is 1. The molecule has 0 spiro atoms. The zero-order chi connectivity index (χ0) is 11.3. The maximum absolute atomic E-state index is 11.1. The van der Waals surface area contributed by atoms with Crippen molar-refractivity contribution < 1.29 is 14.7 Å². The van der Waals surface area contributed by atoms with Gasteiger partial charge in [-0.25, -0.2) is 4.79 Å². The molecular weight excluding hydrogens is 216 g/mol. The molecule has 0 fully saturated rings. The van der Waals surface area contributed by atoms with E-state index in [9.17, 15) is 9.59 Å². The fraction of sp³-hybridized carbons (Fsp3) is 0.111. The lowest BCUT2D eigenvalue weighted by Gasteiger charge is -2.07. The molecule has 0 saturated carbocycles. The number of rotatable bonds is 3. The lowest BCUT2D eigenvalue weighted by Crippen LogP contribution is -2.33. The first-order valence-electron chi connectivity index (χ1n) is 4.14. The molecule has 0 unspecified atom stereocenters. The molecule has 0 bridgehead atoms. The fourth-order valence-corrected chi connectivity index (χ4v) is 1.12. The summed E-state index contributed by atoms with van der Waals surface area (Å²) in [7, 11) is 0. The molecule has 0 aliphatic heterocycles. The molecule has 0 aliphatic carbocycles. The van der Waals surface area contributed by atoms with Crippen molar-refractivity contribution in [3.05, 3.63) is 24.3 Å². The van der Waals surface area contributed by atoms with Gasteiger partial charge >= 0.3 is 12.0 Å². The van der Waals surface area contributed by atoms with Gasteiger partial charge in [-0.3, -0.25) is 4.79 Å². The fourth-order valence-electron chi connectivity index (χ4n) is 0.902. The number of aliphatic carboxylic acids is 1. The monoisotopic (exact) mass is 226 g/mol. The molecule has 6 heteroatoms. The van der Waals surface area contributed by atoms with E-state index in [1.807, 2.05) is 0 Å². The third kappa shape index (κ3) is 3.90. The molecule has 0 aromatic heterocycles. The van der Waals surface area contributed by atoms with Crippen LogP contribution in [-0.2, 0) is 4.79 Å². The predicted octanol–water partition coefficient (Wildman–Crippen LogP) is 1.18. The van der Waals surface area contributed by atoms with Crippen LogP contribution in [0.15, 0.2) is 29.2 Å². The first-order chi connectivity index (χ1) is 7.09. The Balaban J connectivity index is 2.52. The second kappa shape index (κ2) is 5.26. The van der Waals surface area contributed by atoms with Crippen LogP contribution in [0.1, 0.15) is 0 Å². The van der Waals surface area contributed by atoms with Gasteiger partial charge in [-0.2, -0.15) is 0 Å². The Kier molecular flexibility index (Phi) is 3.99. The quantitative estimate of drug-likeness (QED) is 0.584. The Morgan fingerprint density at radius 1 is 1.33 bits per heavy atom. The van der Waals surface area contributed by atoms with E-state index in [1.54, 1.807) is 24.3 Å². The normalized spacial score (nSPS) is 9.40. The maximum Gasteiger partial charge on any atom is 0.323 e. The van der Waals surface area contributed by atoms with Gasteiger partial charge in [-0.1, -0.05) is 12.1 Å². The number of carboxylic acids is 1. The maximum atomic E-state index is 11.1. The Morgan fingerprint density at radius 2 is 2.00 bits per heavy atom. The molecular formula is C9H10N2O3S. The van der Waals surface area contributed by atoms with Crippen LogP contribution in [0, 0.1) is 0 Å². The minimum atomic E-state index is -1.09. The molecule has 0 atom stereocenters. The summed E-state index contributed by atoms with van der Waals surface area (Å²) in [5.41, 5.74) is 0.531. The van der Waals surface area contributed by atoms with Crippen molar-refractivity contribution >= 4 is 30.3 Å². The average molecular weight is 226 g/mol. The van der Waals surface area contributed by atoms with Crippen molar-refractivity contribution in [2.75, 3.05) is 11.9 Å². The van der Waals surface area contributed by atoms with E-state index in [0.717, 1.165) is 0 Å².